The Morgan fingerprint density at radius 3 is 2.43 bits per heavy atom. The van der Waals surface area contributed by atoms with E-state index in [2.05, 4.69) is 29.4 Å². The van der Waals surface area contributed by atoms with Crippen LogP contribution in [0.1, 0.15) is 34.6 Å². The predicted molar refractivity (Wildman–Crippen MR) is 66.9 cm³/mol. The molecule has 0 spiro atoms. The average Bonchev–Trinajstić information content (AvgIpc) is 2.01. The molecule has 0 radical (unpaired) electrons. The standard InChI is InChI=1S/C10H17NOS2/c1-9(2)13-8-6-7-11-14(12)10(3,4)5/h7,9H,1-5H3. The largest absolute Gasteiger partial charge is 0.591 e. The molecule has 14 heavy (non-hydrogen) atoms. The van der Waals surface area contributed by atoms with E-state index in [-0.39, 0.29) is 4.75 Å². The molecule has 0 saturated heterocycles. The molecule has 80 valence electrons. The second-order valence-electron chi connectivity index (χ2n) is 4.01. The van der Waals surface area contributed by atoms with Crippen LogP contribution in [0.3, 0.4) is 0 Å². The van der Waals surface area contributed by atoms with Gasteiger partial charge in [0, 0.05) is 5.25 Å². The van der Waals surface area contributed by atoms with Crippen molar-refractivity contribution in [2.24, 2.45) is 4.40 Å². The summed E-state index contributed by atoms with van der Waals surface area (Å²) in [6.45, 7) is 9.80. The van der Waals surface area contributed by atoms with Crippen molar-refractivity contribution >= 4 is 29.3 Å². The van der Waals surface area contributed by atoms with Crippen LogP contribution in [0, 0.1) is 11.2 Å². The Hall–Kier alpha value is -0.110. The summed E-state index contributed by atoms with van der Waals surface area (Å²) in [7, 11) is 0. The lowest BCUT2D eigenvalue weighted by molar-refractivity contribution is 0.562. The molecule has 4 heteroatoms. The molecule has 0 saturated carbocycles. The first kappa shape index (κ1) is 13.9. The Labute approximate surface area is 94.3 Å². The highest BCUT2D eigenvalue weighted by molar-refractivity contribution is 8.04. The molecule has 0 rings (SSSR count). The van der Waals surface area contributed by atoms with Gasteiger partial charge in [-0.25, -0.2) is 0 Å². The fraction of sp³-hybridized carbons (Fsp3) is 0.700. The molecule has 0 N–H and O–H groups in total. The molecule has 0 aliphatic rings. The maximum atomic E-state index is 11.4. The second-order valence-corrected chi connectivity index (χ2v) is 7.33. The van der Waals surface area contributed by atoms with Crippen molar-refractivity contribution in [2.75, 3.05) is 0 Å². The maximum absolute atomic E-state index is 11.4. The summed E-state index contributed by atoms with van der Waals surface area (Å²) in [5, 5.41) is 3.36. The predicted octanol–water partition coefficient (Wildman–Crippen LogP) is 2.62. The monoisotopic (exact) mass is 231 g/mol. The van der Waals surface area contributed by atoms with Gasteiger partial charge in [-0.3, -0.25) is 0 Å². The summed E-state index contributed by atoms with van der Waals surface area (Å²) in [5.74, 6) is 2.75. The Morgan fingerprint density at radius 1 is 1.43 bits per heavy atom. The zero-order valence-corrected chi connectivity index (χ0v) is 11.0. The quantitative estimate of drug-likeness (QED) is 0.416. The highest BCUT2D eigenvalue weighted by Crippen LogP contribution is 2.16. The molecule has 0 aromatic rings. The molecular weight excluding hydrogens is 214 g/mol. The van der Waals surface area contributed by atoms with Crippen molar-refractivity contribution in [2.45, 2.75) is 44.6 Å². The Morgan fingerprint density at radius 2 is 2.00 bits per heavy atom. The van der Waals surface area contributed by atoms with Crippen LogP contribution in [0.25, 0.3) is 0 Å². The minimum Gasteiger partial charge on any atom is -0.591 e. The van der Waals surface area contributed by atoms with E-state index in [0.717, 1.165) is 0 Å². The molecule has 0 fully saturated rings. The molecule has 0 aliphatic heterocycles. The van der Waals surface area contributed by atoms with E-state index in [1.54, 1.807) is 0 Å². The van der Waals surface area contributed by atoms with Gasteiger partial charge in [0.25, 0.3) is 0 Å². The molecule has 0 aromatic carbocycles. The van der Waals surface area contributed by atoms with Crippen molar-refractivity contribution in [3.63, 3.8) is 0 Å². The number of nitrogens with zero attached hydrogens (tertiary/aromatic N) is 1. The first-order valence-corrected chi connectivity index (χ1v) is 6.43. The minimum absolute atomic E-state index is 0.302. The minimum atomic E-state index is -1.19. The van der Waals surface area contributed by atoms with Crippen LogP contribution >= 0.6 is 11.8 Å². The third kappa shape index (κ3) is 7.31. The van der Waals surface area contributed by atoms with Gasteiger partial charge in [0.15, 0.2) is 0 Å². The number of rotatable bonds is 2. The summed E-state index contributed by atoms with van der Waals surface area (Å²) in [6, 6.07) is 0. The molecule has 0 aromatic heterocycles. The maximum Gasteiger partial charge on any atom is 0.144 e. The Bertz CT molecular complexity index is 245. The molecular formula is C10H17NOS2. The molecule has 0 amide bonds. The van der Waals surface area contributed by atoms with Crippen molar-refractivity contribution in [3.05, 3.63) is 0 Å². The highest BCUT2D eigenvalue weighted by Gasteiger charge is 2.25. The molecule has 1 atom stereocenters. The van der Waals surface area contributed by atoms with Crippen LogP contribution in [0.2, 0.25) is 0 Å². The van der Waals surface area contributed by atoms with E-state index in [4.69, 9.17) is 0 Å². The summed E-state index contributed by atoms with van der Waals surface area (Å²) in [5.41, 5.74) is 0. The summed E-state index contributed by atoms with van der Waals surface area (Å²) >= 11 is 0.345. The first-order valence-electron chi connectivity index (χ1n) is 4.44. The smallest absolute Gasteiger partial charge is 0.144 e. The summed E-state index contributed by atoms with van der Waals surface area (Å²) in [4.78, 5) is 0. The average molecular weight is 231 g/mol. The van der Waals surface area contributed by atoms with Crippen molar-refractivity contribution < 1.29 is 4.55 Å². The highest BCUT2D eigenvalue weighted by atomic mass is 32.2. The fourth-order valence-corrected chi connectivity index (χ4v) is 1.23. The van der Waals surface area contributed by atoms with Gasteiger partial charge in [0.2, 0.25) is 0 Å². The topological polar surface area (TPSA) is 35.4 Å². The van der Waals surface area contributed by atoms with Gasteiger partial charge >= 0.3 is 0 Å². The van der Waals surface area contributed by atoms with Crippen molar-refractivity contribution in [3.8, 4) is 11.2 Å². The lowest BCUT2D eigenvalue weighted by Gasteiger charge is -2.17. The third-order valence-corrected chi connectivity index (χ3v) is 3.14. The normalized spacial score (nSPS) is 14.2. The van der Waals surface area contributed by atoms with Crippen LogP contribution < -0.4 is 0 Å². The van der Waals surface area contributed by atoms with E-state index in [0.29, 0.717) is 5.25 Å². The van der Waals surface area contributed by atoms with Crippen molar-refractivity contribution in [1.29, 1.82) is 0 Å². The van der Waals surface area contributed by atoms with Crippen LogP contribution in [-0.2, 0) is 11.4 Å². The molecule has 0 bridgehead atoms. The van der Waals surface area contributed by atoms with Gasteiger partial charge in [-0.1, -0.05) is 30.0 Å². The number of thioether (sulfide) groups is 1. The Balaban J connectivity index is 3.98. The van der Waals surface area contributed by atoms with Gasteiger partial charge < -0.3 is 4.55 Å². The summed E-state index contributed by atoms with van der Waals surface area (Å²) < 4.78 is 15.0. The second kappa shape index (κ2) is 6.39. The van der Waals surface area contributed by atoms with E-state index in [9.17, 15) is 4.55 Å². The van der Waals surface area contributed by atoms with Crippen LogP contribution in [0.15, 0.2) is 4.40 Å². The van der Waals surface area contributed by atoms with E-state index >= 15 is 0 Å². The molecule has 0 heterocycles. The number of hydrogen-bond donors (Lipinski definition) is 0. The van der Waals surface area contributed by atoms with Gasteiger partial charge in [0.05, 0.1) is 0 Å². The third-order valence-electron chi connectivity index (χ3n) is 1.09. The van der Waals surface area contributed by atoms with Gasteiger partial charge in [-0.15, -0.1) is 0 Å². The van der Waals surface area contributed by atoms with Gasteiger partial charge in [0.1, 0.15) is 22.3 Å². The molecule has 0 aliphatic carbocycles. The lowest BCUT2D eigenvalue weighted by Crippen LogP contribution is -2.25. The van der Waals surface area contributed by atoms with Crippen molar-refractivity contribution in [1.82, 2.24) is 0 Å². The van der Waals surface area contributed by atoms with Gasteiger partial charge in [-0.05, 0) is 31.9 Å². The summed E-state index contributed by atoms with van der Waals surface area (Å²) in [6.07, 6.45) is 1.43. The van der Waals surface area contributed by atoms with Crippen LogP contribution in [-0.4, -0.2) is 20.8 Å². The van der Waals surface area contributed by atoms with Gasteiger partial charge in [-0.2, -0.15) is 0 Å². The van der Waals surface area contributed by atoms with Crippen LogP contribution in [0.4, 0.5) is 0 Å². The molecule has 1 unspecified atom stereocenters. The van der Waals surface area contributed by atoms with E-state index in [1.807, 2.05) is 20.8 Å². The Kier molecular flexibility index (Phi) is 6.34. The zero-order chi connectivity index (χ0) is 11.2. The molecule has 2 nitrogen and oxygen atoms in total. The van der Waals surface area contributed by atoms with Crippen LogP contribution in [0.5, 0.6) is 0 Å². The van der Waals surface area contributed by atoms with E-state index in [1.165, 1.54) is 18.0 Å². The lowest BCUT2D eigenvalue weighted by atomic mass is 10.3. The van der Waals surface area contributed by atoms with E-state index < -0.39 is 11.4 Å². The first-order chi connectivity index (χ1) is 6.34. The number of hydrogen-bond acceptors (Lipinski definition) is 3. The zero-order valence-electron chi connectivity index (χ0n) is 9.33. The fourth-order valence-electron chi connectivity index (χ4n) is 0.411. The SMILES string of the molecule is CC(C)SC#CC=N[S+]([O-])C(C)(C)C.